The van der Waals surface area contributed by atoms with Crippen LogP contribution in [0, 0.1) is 0 Å². The van der Waals surface area contributed by atoms with Crippen LogP contribution in [0.1, 0.15) is 24.1 Å². The number of imidazole rings is 1. The molecule has 27 heavy (non-hydrogen) atoms. The molecule has 0 amide bonds. The van der Waals surface area contributed by atoms with E-state index in [1.54, 1.807) is 7.11 Å². The van der Waals surface area contributed by atoms with Crippen LogP contribution in [0.25, 0.3) is 11.4 Å². The number of H-pyrrole nitrogens is 1. The van der Waals surface area contributed by atoms with Crippen molar-refractivity contribution in [3.05, 3.63) is 71.0 Å². The van der Waals surface area contributed by atoms with E-state index in [4.69, 9.17) is 16.3 Å². The number of piperidine rings is 1. The molecule has 1 aromatic heterocycles. The van der Waals surface area contributed by atoms with E-state index in [-0.39, 0.29) is 5.41 Å². The Bertz CT molecular complexity index is 901. The lowest BCUT2D eigenvalue weighted by Crippen LogP contribution is -2.41. The average molecular weight is 382 g/mol. The first-order valence-corrected chi connectivity index (χ1v) is 9.72. The molecule has 0 aliphatic carbocycles. The minimum Gasteiger partial charge on any atom is -0.496 e. The minimum absolute atomic E-state index is 0.134. The number of benzene rings is 2. The van der Waals surface area contributed by atoms with Gasteiger partial charge in [0.2, 0.25) is 0 Å². The van der Waals surface area contributed by atoms with Gasteiger partial charge in [0.25, 0.3) is 0 Å². The molecular formula is C22H24ClN3O. The Labute approximate surface area is 164 Å². The van der Waals surface area contributed by atoms with Gasteiger partial charge >= 0.3 is 0 Å². The van der Waals surface area contributed by atoms with E-state index >= 15 is 0 Å². The van der Waals surface area contributed by atoms with Crippen molar-refractivity contribution in [1.82, 2.24) is 15.3 Å². The van der Waals surface area contributed by atoms with E-state index in [0.29, 0.717) is 5.02 Å². The highest BCUT2D eigenvalue weighted by Crippen LogP contribution is 2.37. The van der Waals surface area contributed by atoms with Crippen molar-refractivity contribution in [3.63, 3.8) is 0 Å². The van der Waals surface area contributed by atoms with Crippen LogP contribution in [0.2, 0.25) is 5.02 Å². The molecule has 0 radical (unpaired) electrons. The van der Waals surface area contributed by atoms with Gasteiger partial charge in [0.1, 0.15) is 11.6 Å². The van der Waals surface area contributed by atoms with Crippen molar-refractivity contribution in [2.24, 2.45) is 0 Å². The first-order valence-electron chi connectivity index (χ1n) is 9.34. The van der Waals surface area contributed by atoms with Crippen LogP contribution in [0.5, 0.6) is 5.75 Å². The van der Waals surface area contributed by atoms with Gasteiger partial charge in [-0.2, -0.15) is 0 Å². The zero-order valence-electron chi connectivity index (χ0n) is 15.5. The molecule has 1 aliphatic heterocycles. The molecule has 140 valence electrons. The summed E-state index contributed by atoms with van der Waals surface area (Å²) in [5.41, 5.74) is 3.56. The third-order valence-electron chi connectivity index (χ3n) is 5.52. The van der Waals surface area contributed by atoms with Crippen LogP contribution in [0.3, 0.4) is 0 Å². The summed E-state index contributed by atoms with van der Waals surface area (Å²) in [6.07, 6.45) is 5.12. The number of nitrogens with zero attached hydrogens (tertiary/aromatic N) is 1. The van der Waals surface area contributed by atoms with Crippen molar-refractivity contribution in [2.45, 2.75) is 24.7 Å². The lowest BCUT2D eigenvalue weighted by molar-refractivity contribution is 0.303. The van der Waals surface area contributed by atoms with Gasteiger partial charge in [-0.3, -0.25) is 0 Å². The lowest BCUT2D eigenvalue weighted by Gasteiger charge is -2.38. The summed E-state index contributed by atoms with van der Waals surface area (Å²) in [4.78, 5) is 8.12. The molecule has 1 fully saturated rings. The molecule has 1 aliphatic rings. The SMILES string of the molecule is COc1ccc(Cl)cc1-c1ncc(CC2(c3ccccc3)CCNCC2)[nH]1. The monoisotopic (exact) mass is 381 g/mol. The maximum absolute atomic E-state index is 6.18. The molecular weight excluding hydrogens is 358 g/mol. The average Bonchev–Trinajstić information content (AvgIpc) is 3.17. The zero-order valence-corrected chi connectivity index (χ0v) is 16.2. The number of methoxy groups -OCH3 is 1. The van der Waals surface area contributed by atoms with Gasteiger partial charge in [0.15, 0.2) is 0 Å². The van der Waals surface area contributed by atoms with Gasteiger partial charge in [-0.1, -0.05) is 41.9 Å². The van der Waals surface area contributed by atoms with Crippen LogP contribution < -0.4 is 10.1 Å². The van der Waals surface area contributed by atoms with E-state index in [1.165, 1.54) is 5.56 Å². The van der Waals surface area contributed by atoms with Crippen LogP contribution in [0.15, 0.2) is 54.7 Å². The van der Waals surface area contributed by atoms with Gasteiger partial charge in [-0.15, -0.1) is 0 Å². The number of rotatable bonds is 5. The summed E-state index contributed by atoms with van der Waals surface area (Å²) in [6.45, 7) is 2.08. The molecule has 0 saturated carbocycles. The summed E-state index contributed by atoms with van der Waals surface area (Å²) in [7, 11) is 1.66. The number of aromatic nitrogens is 2. The number of nitrogens with one attached hydrogen (secondary N) is 2. The predicted molar refractivity (Wildman–Crippen MR) is 110 cm³/mol. The van der Waals surface area contributed by atoms with E-state index in [1.807, 2.05) is 24.4 Å². The summed E-state index contributed by atoms with van der Waals surface area (Å²) < 4.78 is 5.48. The van der Waals surface area contributed by atoms with E-state index in [0.717, 1.165) is 55.2 Å². The Morgan fingerprint density at radius 2 is 1.89 bits per heavy atom. The Morgan fingerprint density at radius 3 is 2.63 bits per heavy atom. The van der Waals surface area contributed by atoms with Gasteiger partial charge in [-0.25, -0.2) is 4.98 Å². The molecule has 2 aromatic carbocycles. The maximum Gasteiger partial charge on any atom is 0.141 e. The molecule has 4 rings (SSSR count). The highest BCUT2D eigenvalue weighted by atomic mass is 35.5. The van der Waals surface area contributed by atoms with Crippen molar-refractivity contribution in [1.29, 1.82) is 0 Å². The number of aromatic amines is 1. The molecule has 3 aromatic rings. The maximum atomic E-state index is 6.18. The number of hydrogen-bond acceptors (Lipinski definition) is 3. The fourth-order valence-electron chi connectivity index (χ4n) is 4.08. The number of ether oxygens (including phenoxy) is 1. The molecule has 0 unspecified atom stereocenters. The molecule has 1 saturated heterocycles. The summed E-state index contributed by atoms with van der Waals surface area (Å²) in [5.74, 6) is 1.56. The third kappa shape index (κ3) is 3.73. The number of halogens is 1. The molecule has 0 bridgehead atoms. The molecule has 0 spiro atoms. The first kappa shape index (κ1) is 18.1. The molecule has 2 heterocycles. The van der Waals surface area contributed by atoms with Crippen molar-refractivity contribution in [3.8, 4) is 17.1 Å². The lowest BCUT2D eigenvalue weighted by atomic mass is 9.70. The van der Waals surface area contributed by atoms with Gasteiger partial charge < -0.3 is 15.0 Å². The van der Waals surface area contributed by atoms with Crippen molar-refractivity contribution < 1.29 is 4.74 Å². The Kier molecular flexibility index (Phi) is 5.19. The quantitative estimate of drug-likeness (QED) is 0.678. The van der Waals surface area contributed by atoms with E-state index < -0.39 is 0 Å². The van der Waals surface area contributed by atoms with Gasteiger partial charge in [0.05, 0.1) is 12.7 Å². The van der Waals surface area contributed by atoms with Crippen molar-refractivity contribution >= 4 is 11.6 Å². The van der Waals surface area contributed by atoms with E-state index in [2.05, 4.69) is 45.6 Å². The number of hydrogen-bond donors (Lipinski definition) is 2. The molecule has 2 N–H and O–H groups in total. The van der Waals surface area contributed by atoms with E-state index in [9.17, 15) is 0 Å². The largest absolute Gasteiger partial charge is 0.496 e. The Morgan fingerprint density at radius 1 is 1.11 bits per heavy atom. The fourth-order valence-corrected chi connectivity index (χ4v) is 4.25. The second kappa shape index (κ2) is 7.75. The van der Waals surface area contributed by atoms with Crippen LogP contribution in [-0.4, -0.2) is 30.2 Å². The normalized spacial score (nSPS) is 16.2. The summed E-state index contributed by atoms with van der Waals surface area (Å²) in [5, 5.41) is 4.16. The van der Waals surface area contributed by atoms with Gasteiger partial charge in [0, 0.05) is 22.3 Å². The summed E-state index contributed by atoms with van der Waals surface area (Å²) in [6, 6.07) is 16.4. The first-order chi connectivity index (χ1) is 13.2. The second-order valence-corrected chi connectivity index (χ2v) is 7.61. The zero-order chi connectivity index (χ0) is 18.7. The van der Waals surface area contributed by atoms with Crippen LogP contribution >= 0.6 is 11.6 Å². The molecule has 5 heteroatoms. The highest BCUT2D eigenvalue weighted by Gasteiger charge is 2.34. The third-order valence-corrected chi connectivity index (χ3v) is 5.76. The standard InChI is InChI=1S/C22H24ClN3O/c1-27-20-8-7-17(23)13-19(20)21-25-15-18(26-21)14-22(9-11-24-12-10-22)16-5-3-2-4-6-16/h2-8,13,15,24H,9-12,14H2,1H3,(H,25,26). The summed E-state index contributed by atoms with van der Waals surface area (Å²) >= 11 is 6.18. The topological polar surface area (TPSA) is 49.9 Å². The second-order valence-electron chi connectivity index (χ2n) is 7.17. The van der Waals surface area contributed by atoms with Crippen LogP contribution in [0.4, 0.5) is 0 Å². The minimum atomic E-state index is 0.134. The highest BCUT2D eigenvalue weighted by molar-refractivity contribution is 6.30. The van der Waals surface area contributed by atoms with Gasteiger partial charge in [-0.05, 0) is 56.1 Å². The van der Waals surface area contributed by atoms with Crippen LogP contribution in [-0.2, 0) is 11.8 Å². The predicted octanol–water partition coefficient (Wildman–Crippen LogP) is 4.60. The Hall–Kier alpha value is -2.30. The van der Waals surface area contributed by atoms with Crippen molar-refractivity contribution in [2.75, 3.05) is 20.2 Å². The fraction of sp³-hybridized carbons (Fsp3) is 0.318. The Balaban J connectivity index is 1.66. The smallest absolute Gasteiger partial charge is 0.141 e. The molecule has 4 nitrogen and oxygen atoms in total. The molecule has 0 atom stereocenters.